The number of benzene rings is 2. The van der Waals surface area contributed by atoms with Crippen LogP contribution in [-0.4, -0.2) is 33.7 Å². The predicted octanol–water partition coefficient (Wildman–Crippen LogP) is 4.03. The molecule has 0 radical (unpaired) electrons. The van der Waals surface area contributed by atoms with Crippen LogP contribution in [0.15, 0.2) is 48.5 Å². The topological polar surface area (TPSA) is 75.7 Å². The molecule has 0 unspecified atom stereocenters. The summed E-state index contributed by atoms with van der Waals surface area (Å²) in [5.74, 6) is 0.271. The Hall–Kier alpha value is -2.54. The van der Waals surface area contributed by atoms with E-state index in [1.807, 2.05) is 26.0 Å². The molecule has 0 fully saturated rings. The van der Waals surface area contributed by atoms with Crippen molar-refractivity contribution in [1.82, 2.24) is 5.32 Å². The smallest absolute Gasteiger partial charge is 0.241 e. The fourth-order valence-electron chi connectivity index (χ4n) is 3.05. The van der Waals surface area contributed by atoms with Crippen molar-refractivity contribution >= 4 is 21.6 Å². The van der Waals surface area contributed by atoms with Gasteiger partial charge in [0.15, 0.2) is 0 Å². The number of carbonyl (C=O) groups excluding carboxylic acids is 1. The number of anilines is 1. The molecule has 1 N–H and O–H groups in total. The predicted molar refractivity (Wildman–Crippen MR) is 122 cm³/mol. The molecule has 0 aliphatic carbocycles. The molecular weight excluding hydrogens is 400 g/mol. The molecule has 0 aliphatic rings. The standard InChI is InChI=1S/C23H32N2O4S/c1-7-29-21-14-12-20(13-15-21)25(30(6,27)28)16-22(26)24-17(2)18-8-10-19(11-9-18)23(3,4)5/h8-15,17H,7,16H2,1-6H3,(H,24,26)/t17-/m1/s1. The first-order valence-electron chi connectivity index (χ1n) is 10.0. The molecule has 6 nitrogen and oxygen atoms in total. The van der Waals surface area contributed by atoms with Gasteiger partial charge in [-0.15, -0.1) is 0 Å². The molecule has 0 bridgehead atoms. The third-order valence-corrected chi connectivity index (χ3v) is 5.92. The van der Waals surface area contributed by atoms with Crippen molar-refractivity contribution in [3.8, 4) is 5.75 Å². The lowest BCUT2D eigenvalue weighted by molar-refractivity contribution is -0.120. The minimum absolute atomic E-state index is 0.0543. The molecule has 2 aromatic carbocycles. The van der Waals surface area contributed by atoms with Gasteiger partial charge in [-0.1, -0.05) is 45.0 Å². The number of sulfonamides is 1. The van der Waals surface area contributed by atoms with Crippen LogP contribution in [0.5, 0.6) is 5.75 Å². The molecule has 0 spiro atoms. The molecule has 164 valence electrons. The minimum Gasteiger partial charge on any atom is -0.494 e. The lowest BCUT2D eigenvalue weighted by Crippen LogP contribution is -2.41. The van der Waals surface area contributed by atoms with Gasteiger partial charge in [0, 0.05) is 0 Å². The normalized spacial score (nSPS) is 12.9. The molecule has 1 amide bonds. The van der Waals surface area contributed by atoms with E-state index in [-0.39, 0.29) is 23.9 Å². The van der Waals surface area contributed by atoms with E-state index >= 15 is 0 Å². The Balaban J connectivity index is 2.10. The van der Waals surface area contributed by atoms with Crippen molar-refractivity contribution in [2.24, 2.45) is 0 Å². The second-order valence-corrected chi connectivity index (χ2v) is 10.3. The first-order valence-corrected chi connectivity index (χ1v) is 11.9. The van der Waals surface area contributed by atoms with Gasteiger partial charge in [0.1, 0.15) is 12.3 Å². The van der Waals surface area contributed by atoms with E-state index in [1.165, 1.54) is 5.56 Å². The fourth-order valence-corrected chi connectivity index (χ4v) is 3.90. The molecular formula is C23H32N2O4S. The highest BCUT2D eigenvalue weighted by atomic mass is 32.2. The molecule has 2 rings (SSSR count). The average molecular weight is 433 g/mol. The van der Waals surface area contributed by atoms with Crippen LogP contribution >= 0.6 is 0 Å². The lowest BCUT2D eigenvalue weighted by Gasteiger charge is -2.24. The Morgan fingerprint density at radius 2 is 1.63 bits per heavy atom. The first-order chi connectivity index (χ1) is 13.9. The van der Waals surface area contributed by atoms with Crippen LogP contribution in [0.1, 0.15) is 51.8 Å². The van der Waals surface area contributed by atoms with Gasteiger partial charge in [-0.2, -0.15) is 0 Å². The molecule has 0 aliphatic heterocycles. The molecule has 0 saturated carbocycles. The fraction of sp³-hybridized carbons (Fsp3) is 0.435. The summed E-state index contributed by atoms with van der Waals surface area (Å²) in [5.41, 5.74) is 2.64. The van der Waals surface area contributed by atoms with E-state index in [1.54, 1.807) is 24.3 Å². The summed E-state index contributed by atoms with van der Waals surface area (Å²) in [7, 11) is -3.63. The van der Waals surface area contributed by atoms with E-state index in [4.69, 9.17) is 4.74 Å². The number of hydrogen-bond donors (Lipinski definition) is 1. The maximum atomic E-state index is 12.6. The second kappa shape index (κ2) is 9.51. The number of nitrogens with zero attached hydrogens (tertiary/aromatic N) is 1. The quantitative estimate of drug-likeness (QED) is 0.683. The molecule has 1 atom stereocenters. The average Bonchev–Trinajstić information content (AvgIpc) is 2.66. The molecule has 0 heterocycles. The van der Waals surface area contributed by atoms with E-state index in [2.05, 4.69) is 38.2 Å². The Kier molecular flexibility index (Phi) is 7.53. The monoisotopic (exact) mass is 432 g/mol. The maximum Gasteiger partial charge on any atom is 0.241 e. The summed E-state index contributed by atoms with van der Waals surface area (Å²) in [4.78, 5) is 12.6. The van der Waals surface area contributed by atoms with Crippen molar-refractivity contribution in [2.45, 2.75) is 46.1 Å². The van der Waals surface area contributed by atoms with Gasteiger partial charge in [0.05, 0.1) is 24.6 Å². The highest BCUT2D eigenvalue weighted by Gasteiger charge is 2.22. The van der Waals surface area contributed by atoms with Gasteiger partial charge in [0.2, 0.25) is 15.9 Å². The van der Waals surface area contributed by atoms with Crippen LogP contribution in [0.3, 0.4) is 0 Å². The summed E-state index contributed by atoms with van der Waals surface area (Å²) in [6, 6.07) is 14.5. The number of amides is 1. The third kappa shape index (κ3) is 6.49. The van der Waals surface area contributed by atoms with Gasteiger partial charge in [-0.3, -0.25) is 9.10 Å². The van der Waals surface area contributed by atoms with Crippen molar-refractivity contribution in [3.05, 3.63) is 59.7 Å². The number of ether oxygens (including phenoxy) is 1. The van der Waals surface area contributed by atoms with Gasteiger partial charge >= 0.3 is 0 Å². The maximum absolute atomic E-state index is 12.6. The van der Waals surface area contributed by atoms with Crippen molar-refractivity contribution in [2.75, 3.05) is 23.7 Å². The van der Waals surface area contributed by atoms with Crippen molar-refractivity contribution < 1.29 is 17.9 Å². The van der Waals surface area contributed by atoms with E-state index in [0.29, 0.717) is 18.0 Å². The van der Waals surface area contributed by atoms with Gasteiger partial charge in [-0.25, -0.2) is 8.42 Å². The largest absolute Gasteiger partial charge is 0.494 e. The Morgan fingerprint density at radius 3 is 2.10 bits per heavy atom. The SMILES string of the molecule is CCOc1ccc(N(CC(=O)N[C@H](C)c2ccc(C(C)(C)C)cc2)S(C)(=O)=O)cc1. The number of hydrogen-bond acceptors (Lipinski definition) is 4. The summed E-state index contributed by atoms with van der Waals surface area (Å²) in [6.07, 6.45) is 1.09. The number of nitrogens with one attached hydrogen (secondary N) is 1. The highest BCUT2D eigenvalue weighted by molar-refractivity contribution is 7.92. The molecule has 0 aromatic heterocycles. The first kappa shape index (κ1) is 23.7. The van der Waals surface area contributed by atoms with Crippen LogP contribution in [0, 0.1) is 0 Å². The van der Waals surface area contributed by atoms with Crippen LogP contribution in [0.2, 0.25) is 0 Å². The Labute approximate surface area is 180 Å². The molecule has 2 aromatic rings. The lowest BCUT2D eigenvalue weighted by atomic mass is 9.86. The van der Waals surface area contributed by atoms with Gasteiger partial charge in [0.25, 0.3) is 0 Å². The zero-order valence-electron chi connectivity index (χ0n) is 18.6. The summed E-state index contributed by atoms with van der Waals surface area (Å²) < 4.78 is 31.0. The van der Waals surface area contributed by atoms with Crippen LogP contribution < -0.4 is 14.4 Å². The van der Waals surface area contributed by atoms with E-state index < -0.39 is 10.0 Å². The number of carbonyl (C=O) groups is 1. The van der Waals surface area contributed by atoms with Gasteiger partial charge in [-0.05, 0) is 54.7 Å². The zero-order chi connectivity index (χ0) is 22.5. The summed E-state index contributed by atoms with van der Waals surface area (Å²) in [5, 5.41) is 2.89. The second-order valence-electron chi connectivity index (χ2n) is 8.36. The summed E-state index contributed by atoms with van der Waals surface area (Å²) >= 11 is 0. The molecule has 30 heavy (non-hydrogen) atoms. The zero-order valence-corrected chi connectivity index (χ0v) is 19.4. The summed E-state index contributed by atoms with van der Waals surface area (Å²) in [6.45, 7) is 10.4. The minimum atomic E-state index is -3.63. The highest BCUT2D eigenvalue weighted by Crippen LogP contribution is 2.24. The number of rotatable bonds is 8. The van der Waals surface area contributed by atoms with Crippen molar-refractivity contribution in [3.63, 3.8) is 0 Å². The van der Waals surface area contributed by atoms with Crippen LogP contribution in [-0.2, 0) is 20.2 Å². The molecule has 7 heteroatoms. The van der Waals surface area contributed by atoms with Crippen molar-refractivity contribution in [1.29, 1.82) is 0 Å². The van der Waals surface area contributed by atoms with Crippen LogP contribution in [0.4, 0.5) is 5.69 Å². The Morgan fingerprint density at radius 1 is 1.07 bits per heavy atom. The Bertz CT molecular complexity index is 946. The van der Waals surface area contributed by atoms with Crippen LogP contribution in [0.25, 0.3) is 0 Å². The van der Waals surface area contributed by atoms with E-state index in [0.717, 1.165) is 16.1 Å². The molecule has 0 saturated heterocycles. The van der Waals surface area contributed by atoms with Gasteiger partial charge < -0.3 is 10.1 Å². The van der Waals surface area contributed by atoms with E-state index in [9.17, 15) is 13.2 Å². The third-order valence-electron chi connectivity index (χ3n) is 4.78.